The molecule has 1 heterocycles. The van der Waals surface area contributed by atoms with E-state index in [1.807, 2.05) is 53.4 Å². The maximum Gasteiger partial charge on any atom is 0.253 e. The molecule has 0 unspecified atom stereocenters. The molecule has 108 valence electrons. The number of hydrogen-bond acceptors (Lipinski definition) is 2. The Hall–Kier alpha value is -2.29. The molecule has 0 saturated carbocycles. The highest BCUT2D eigenvalue weighted by Crippen LogP contribution is 2.23. The Morgan fingerprint density at radius 2 is 1.57 bits per heavy atom. The van der Waals surface area contributed by atoms with Crippen molar-refractivity contribution in [1.82, 2.24) is 4.90 Å². The third-order valence-electron chi connectivity index (χ3n) is 3.97. The SMILES string of the molecule is Nc1cccc(-c2cccc(C(=O)N3CCCCC3)c2)c1. The van der Waals surface area contributed by atoms with Gasteiger partial charge < -0.3 is 10.6 Å². The summed E-state index contributed by atoms with van der Waals surface area (Å²) in [7, 11) is 0. The van der Waals surface area contributed by atoms with Gasteiger partial charge in [-0.3, -0.25) is 4.79 Å². The van der Waals surface area contributed by atoms with Crippen LogP contribution in [-0.4, -0.2) is 23.9 Å². The van der Waals surface area contributed by atoms with Crippen molar-refractivity contribution >= 4 is 11.6 Å². The smallest absolute Gasteiger partial charge is 0.253 e. The van der Waals surface area contributed by atoms with Gasteiger partial charge in [-0.2, -0.15) is 0 Å². The molecule has 1 saturated heterocycles. The largest absolute Gasteiger partial charge is 0.399 e. The first-order chi connectivity index (χ1) is 10.2. The van der Waals surface area contributed by atoms with Crippen molar-refractivity contribution in [2.45, 2.75) is 19.3 Å². The molecule has 0 aromatic heterocycles. The number of hydrogen-bond donors (Lipinski definition) is 1. The van der Waals surface area contributed by atoms with E-state index in [9.17, 15) is 4.79 Å². The van der Waals surface area contributed by atoms with Crippen molar-refractivity contribution in [3.05, 3.63) is 54.1 Å². The number of carbonyl (C=O) groups is 1. The van der Waals surface area contributed by atoms with Gasteiger partial charge in [0.2, 0.25) is 0 Å². The molecule has 2 aromatic carbocycles. The van der Waals surface area contributed by atoms with Crippen LogP contribution in [-0.2, 0) is 0 Å². The first-order valence-corrected chi connectivity index (χ1v) is 7.49. The van der Waals surface area contributed by atoms with Crippen LogP contribution in [0, 0.1) is 0 Å². The normalized spacial score (nSPS) is 15.0. The predicted octanol–water partition coefficient (Wildman–Crippen LogP) is 3.56. The number of anilines is 1. The van der Waals surface area contributed by atoms with Gasteiger partial charge in [0, 0.05) is 24.3 Å². The Morgan fingerprint density at radius 1 is 0.905 bits per heavy atom. The lowest BCUT2D eigenvalue weighted by Crippen LogP contribution is -2.35. The Balaban J connectivity index is 1.87. The highest BCUT2D eigenvalue weighted by molar-refractivity contribution is 5.95. The number of nitrogens with zero attached hydrogens (tertiary/aromatic N) is 1. The lowest BCUT2D eigenvalue weighted by Gasteiger charge is -2.26. The average molecular weight is 280 g/mol. The van der Waals surface area contributed by atoms with Crippen LogP contribution in [0.5, 0.6) is 0 Å². The minimum atomic E-state index is 0.139. The molecule has 3 nitrogen and oxygen atoms in total. The van der Waals surface area contributed by atoms with Crippen LogP contribution in [0.3, 0.4) is 0 Å². The molecule has 3 heteroatoms. The Bertz CT molecular complexity index is 645. The summed E-state index contributed by atoms with van der Waals surface area (Å²) >= 11 is 0. The summed E-state index contributed by atoms with van der Waals surface area (Å²) in [6.07, 6.45) is 3.45. The second-order valence-electron chi connectivity index (χ2n) is 5.56. The van der Waals surface area contributed by atoms with Gasteiger partial charge in [0.1, 0.15) is 0 Å². The molecule has 0 atom stereocenters. The van der Waals surface area contributed by atoms with Gasteiger partial charge in [0.15, 0.2) is 0 Å². The second kappa shape index (κ2) is 6.00. The van der Waals surface area contributed by atoms with Crippen LogP contribution in [0.25, 0.3) is 11.1 Å². The minimum Gasteiger partial charge on any atom is -0.399 e. The van der Waals surface area contributed by atoms with E-state index >= 15 is 0 Å². The third kappa shape index (κ3) is 3.07. The highest BCUT2D eigenvalue weighted by Gasteiger charge is 2.18. The summed E-state index contributed by atoms with van der Waals surface area (Å²) in [4.78, 5) is 14.5. The fourth-order valence-corrected chi connectivity index (χ4v) is 2.83. The minimum absolute atomic E-state index is 0.139. The molecule has 2 aromatic rings. The Kier molecular flexibility index (Phi) is 3.91. The lowest BCUT2D eigenvalue weighted by atomic mass is 10.0. The van der Waals surface area contributed by atoms with Gasteiger partial charge in [0.25, 0.3) is 5.91 Å². The van der Waals surface area contributed by atoms with Crippen molar-refractivity contribution in [3.8, 4) is 11.1 Å². The summed E-state index contributed by atoms with van der Waals surface area (Å²) in [5.74, 6) is 0.139. The van der Waals surface area contributed by atoms with E-state index < -0.39 is 0 Å². The summed E-state index contributed by atoms with van der Waals surface area (Å²) in [6.45, 7) is 1.75. The highest BCUT2D eigenvalue weighted by atomic mass is 16.2. The van der Waals surface area contributed by atoms with Gasteiger partial charge >= 0.3 is 0 Å². The van der Waals surface area contributed by atoms with Crippen molar-refractivity contribution in [2.24, 2.45) is 0 Å². The number of likely N-dealkylation sites (tertiary alicyclic amines) is 1. The van der Waals surface area contributed by atoms with Gasteiger partial charge in [0.05, 0.1) is 0 Å². The lowest BCUT2D eigenvalue weighted by molar-refractivity contribution is 0.0724. The molecule has 2 N–H and O–H groups in total. The molecule has 0 radical (unpaired) electrons. The molecule has 21 heavy (non-hydrogen) atoms. The van der Waals surface area contributed by atoms with E-state index in [-0.39, 0.29) is 5.91 Å². The zero-order valence-corrected chi connectivity index (χ0v) is 12.1. The fourth-order valence-electron chi connectivity index (χ4n) is 2.83. The van der Waals surface area contributed by atoms with Crippen LogP contribution in [0.2, 0.25) is 0 Å². The van der Waals surface area contributed by atoms with E-state index in [1.165, 1.54) is 6.42 Å². The number of carbonyl (C=O) groups excluding carboxylic acids is 1. The van der Waals surface area contributed by atoms with E-state index in [2.05, 4.69) is 0 Å². The molecule has 3 rings (SSSR count). The third-order valence-corrected chi connectivity index (χ3v) is 3.97. The first kappa shape index (κ1) is 13.7. The topological polar surface area (TPSA) is 46.3 Å². The predicted molar refractivity (Wildman–Crippen MR) is 86.0 cm³/mol. The monoisotopic (exact) mass is 280 g/mol. The second-order valence-corrected chi connectivity index (χ2v) is 5.56. The van der Waals surface area contributed by atoms with Gasteiger partial charge in [-0.15, -0.1) is 0 Å². The maximum atomic E-state index is 12.6. The van der Waals surface area contributed by atoms with E-state index in [1.54, 1.807) is 0 Å². The number of benzene rings is 2. The summed E-state index contributed by atoms with van der Waals surface area (Å²) in [6, 6.07) is 15.6. The van der Waals surface area contributed by atoms with Crippen LogP contribution >= 0.6 is 0 Å². The fraction of sp³-hybridized carbons (Fsp3) is 0.278. The number of amides is 1. The van der Waals surface area contributed by atoms with Crippen LogP contribution in [0.1, 0.15) is 29.6 Å². The molecule has 0 aliphatic carbocycles. The van der Waals surface area contributed by atoms with E-state index in [0.29, 0.717) is 0 Å². The van der Waals surface area contributed by atoms with Crippen molar-refractivity contribution in [3.63, 3.8) is 0 Å². The standard InChI is InChI=1S/C18H20N2O/c19-17-9-5-7-15(13-17)14-6-4-8-16(12-14)18(21)20-10-2-1-3-11-20/h4-9,12-13H,1-3,10-11,19H2. The zero-order valence-electron chi connectivity index (χ0n) is 12.1. The maximum absolute atomic E-state index is 12.6. The molecule has 0 bridgehead atoms. The van der Waals surface area contributed by atoms with Gasteiger partial charge in [-0.1, -0.05) is 24.3 Å². The zero-order chi connectivity index (χ0) is 14.7. The molecule has 1 aliphatic rings. The summed E-state index contributed by atoms with van der Waals surface area (Å²) < 4.78 is 0. The molecule has 1 fully saturated rings. The summed E-state index contributed by atoms with van der Waals surface area (Å²) in [5.41, 5.74) is 9.41. The first-order valence-electron chi connectivity index (χ1n) is 7.49. The molecular formula is C18H20N2O. The number of piperidine rings is 1. The van der Waals surface area contributed by atoms with Crippen molar-refractivity contribution < 1.29 is 4.79 Å². The van der Waals surface area contributed by atoms with Crippen molar-refractivity contribution in [1.29, 1.82) is 0 Å². The van der Waals surface area contributed by atoms with Crippen molar-refractivity contribution in [2.75, 3.05) is 18.8 Å². The summed E-state index contributed by atoms with van der Waals surface area (Å²) in [5, 5.41) is 0. The molecule has 0 spiro atoms. The molecule has 1 aliphatic heterocycles. The number of nitrogens with two attached hydrogens (primary N) is 1. The molecule has 1 amide bonds. The van der Waals surface area contributed by atoms with Crippen LogP contribution < -0.4 is 5.73 Å². The quantitative estimate of drug-likeness (QED) is 0.855. The number of nitrogen functional groups attached to an aromatic ring is 1. The van der Waals surface area contributed by atoms with Crippen LogP contribution in [0.4, 0.5) is 5.69 Å². The Morgan fingerprint density at radius 3 is 2.29 bits per heavy atom. The Labute approximate surface area is 125 Å². The van der Waals surface area contributed by atoms with Gasteiger partial charge in [-0.05, 0) is 54.7 Å². The van der Waals surface area contributed by atoms with E-state index in [0.717, 1.165) is 48.3 Å². The number of rotatable bonds is 2. The van der Waals surface area contributed by atoms with E-state index in [4.69, 9.17) is 5.73 Å². The van der Waals surface area contributed by atoms with Gasteiger partial charge in [-0.25, -0.2) is 0 Å². The average Bonchev–Trinajstić information content (AvgIpc) is 2.55. The molecular weight excluding hydrogens is 260 g/mol. The van der Waals surface area contributed by atoms with Crippen LogP contribution in [0.15, 0.2) is 48.5 Å².